The molecule has 0 aliphatic rings. The molecule has 3 aromatic rings. The number of rotatable bonds is 1. The van der Waals surface area contributed by atoms with Gasteiger partial charge in [0.05, 0.1) is 11.3 Å². The highest BCUT2D eigenvalue weighted by atomic mass is 16.4. The third-order valence-corrected chi connectivity index (χ3v) is 2.69. The van der Waals surface area contributed by atoms with E-state index >= 15 is 0 Å². The largest absolute Gasteiger partial charge is 0.505 e. The zero-order valence-corrected chi connectivity index (χ0v) is 9.71. The molecule has 0 spiro atoms. The number of phenols is 1. The van der Waals surface area contributed by atoms with Crippen LogP contribution in [0.2, 0.25) is 0 Å². The van der Waals surface area contributed by atoms with Crippen LogP contribution >= 0.6 is 0 Å². The Kier molecular flexibility index (Phi) is 2.19. The molecule has 5 nitrogen and oxygen atoms in total. The van der Waals surface area contributed by atoms with Crippen LogP contribution in [0.1, 0.15) is 5.69 Å². The lowest BCUT2D eigenvalue weighted by Gasteiger charge is -2.01. The van der Waals surface area contributed by atoms with Crippen LogP contribution < -0.4 is 5.73 Å². The Bertz CT molecular complexity index is 734. The van der Waals surface area contributed by atoms with Gasteiger partial charge >= 0.3 is 0 Å². The fraction of sp³-hybridized carbons (Fsp3) is 0.0769. The summed E-state index contributed by atoms with van der Waals surface area (Å²) in [5.74, 6) is 0.286. The first-order valence-corrected chi connectivity index (χ1v) is 5.47. The Morgan fingerprint density at radius 2 is 2.00 bits per heavy atom. The van der Waals surface area contributed by atoms with Crippen LogP contribution in [-0.2, 0) is 0 Å². The van der Waals surface area contributed by atoms with Crippen LogP contribution in [0.25, 0.3) is 22.7 Å². The Morgan fingerprint density at radius 1 is 1.17 bits per heavy atom. The van der Waals surface area contributed by atoms with Crippen LogP contribution in [0.5, 0.6) is 5.75 Å². The maximum Gasteiger partial charge on any atom is 0.232 e. The number of nitrogen functional groups attached to an aromatic ring is 1. The van der Waals surface area contributed by atoms with E-state index in [1.54, 1.807) is 24.3 Å². The van der Waals surface area contributed by atoms with Crippen molar-refractivity contribution < 1.29 is 9.52 Å². The van der Waals surface area contributed by atoms with Gasteiger partial charge in [0.1, 0.15) is 0 Å². The number of fused-ring (bicyclic) bond motifs is 1. The monoisotopic (exact) mass is 241 g/mol. The topological polar surface area (TPSA) is 85.2 Å². The number of hydrogen-bond donors (Lipinski definition) is 2. The first-order chi connectivity index (χ1) is 8.65. The molecule has 0 saturated carbocycles. The van der Waals surface area contributed by atoms with Crippen LogP contribution in [0.4, 0.5) is 5.69 Å². The van der Waals surface area contributed by atoms with E-state index in [9.17, 15) is 5.11 Å². The smallest absolute Gasteiger partial charge is 0.232 e. The molecule has 18 heavy (non-hydrogen) atoms. The first-order valence-electron chi connectivity index (χ1n) is 5.47. The van der Waals surface area contributed by atoms with Crippen molar-refractivity contribution in [2.45, 2.75) is 6.92 Å². The van der Waals surface area contributed by atoms with Gasteiger partial charge in [-0.2, -0.15) is 4.98 Å². The van der Waals surface area contributed by atoms with E-state index in [2.05, 4.69) is 9.97 Å². The number of pyridine rings is 1. The van der Waals surface area contributed by atoms with Gasteiger partial charge in [-0.15, -0.1) is 0 Å². The lowest BCUT2D eigenvalue weighted by atomic mass is 10.2. The predicted octanol–water partition coefficient (Wildman–Crippen LogP) is 2.49. The lowest BCUT2D eigenvalue weighted by Crippen LogP contribution is -1.87. The number of phenolic OH excluding ortho intramolecular Hbond substituents is 1. The fourth-order valence-electron chi connectivity index (χ4n) is 1.76. The Labute approximate surface area is 103 Å². The third-order valence-electron chi connectivity index (χ3n) is 2.69. The Morgan fingerprint density at radius 3 is 2.83 bits per heavy atom. The van der Waals surface area contributed by atoms with Crippen LogP contribution in [0.3, 0.4) is 0 Å². The zero-order chi connectivity index (χ0) is 12.7. The molecule has 0 unspecified atom stereocenters. The van der Waals surface area contributed by atoms with Crippen LogP contribution in [0, 0.1) is 6.92 Å². The summed E-state index contributed by atoms with van der Waals surface area (Å²) in [7, 11) is 0. The fourth-order valence-corrected chi connectivity index (χ4v) is 1.76. The molecule has 0 saturated heterocycles. The number of nitrogens with two attached hydrogens (primary N) is 1. The summed E-state index contributed by atoms with van der Waals surface area (Å²) in [5.41, 5.74) is 8.36. The number of aryl methyl sites for hydroxylation is 1. The second-order valence-corrected chi connectivity index (χ2v) is 4.04. The molecule has 2 aromatic heterocycles. The number of oxazole rings is 1. The van der Waals surface area contributed by atoms with Crippen molar-refractivity contribution in [3.63, 3.8) is 0 Å². The second-order valence-electron chi connectivity index (χ2n) is 4.04. The van der Waals surface area contributed by atoms with Crippen molar-refractivity contribution in [1.29, 1.82) is 0 Å². The standard InChI is InChI=1S/C13H11N3O2/c1-7-5-6-10-12(15-7)16-13(18-10)8-3-2-4-9(14)11(8)17/h2-6,17H,14H2,1H3. The molecule has 0 aliphatic carbocycles. The minimum atomic E-state index is -0.0271. The lowest BCUT2D eigenvalue weighted by molar-refractivity contribution is 0.476. The van der Waals surface area contributed by atoms with Crippen molar-refractivity contribution >= 4 is 16.9 Å². The van der Waals surface area contributed by atoms with Gasteiger partial charge in [0, 0.05) is 5.69 Å². The molecule has 0 radical (unpaired) electrons. The molecule has 0 aliphatic heterocycles. The van der Waals surface area contributed by atoms with Gasteiger partial charge < -0.3 is 15.3 Å². The van der Waals surface area contributed by atoms with Gasteiger partial charge in [-0.3, -0.25) is 0 Å². The highest BCUT2D eigenvalue weighted by Gasteiger charge is 2.14. The molecule has 0 bridgehead atoms. The highest BCUT2D eigenvalue weighted by Crippen LogP contribution is 2.34. The highest BCUT2D eigenvalue weighted by molar-refractivity contribution is 5.77. The van der Waals surface area contributed by atoms with Crippen molar-refractivity contribution in [3.8, 4) is 17.2 Å². The van der Waals surface area contributed by atoms with Crippen molar-refractivity contribution in [1.82, 2.24) is 9.97 Å². The van der Waals surface area contributed by atoms with Gasteiger partial charge in [-0.25, -0.2) is 4.98 Å². The zero-order valence-electron chi connectivity index (χ0n) is 9.71. The van der Waals surface area contributed by atoms with E-state index in [0.717, 1.165) is 5.69 Å². The molecular formula is C13H11N3O2. The molecule has 3 N–H and O–H groups in total. The number of nitrogens with zero attached hydrogens (tertiary/aromatic N) is 2. The molecule has 1 aromatic carbocycles. The number of aromatic nitrogens is 2. The summed E-state index contributed by atoms with van der Waals surface area (Å²) in [6.45, 7) is 1.88. The summed E-state index contributed by atoms with van der Waals surface area (Å²) >= 11 is 0. The number of hydrogen-bond acceptors (Lipinski definition) is 5. The molecule has 0 fully saturated rings. The number of aromatic hydroxyl groups is 1. The number of para-hydroxylation sites is 1. The maximum absolute atomic E-state index is 9.89. The van der Waals surface area contributed by atoms with E-state index in [-0.39, 0.29) is 5.75 Å². The van der Waals surface area contributed by atoms with E-state index in [1.807, 2.05) is 13.0 Å². The normalized spacial score (nSPS) is 10.9. The van der Waals surface area contributed by atoms with Gasteiger partial charge in [-0.1, -0.05) is 6.07 Å². The van der Waals surface area contributed by atoms with Crippen LogP contribution in [0.15, 0.2) is 34.7 Å². The van der Waals surface area contributed by atoms with Gasteiger partial charge in [0.2, 0.25) is 5.89 Å². The van der Waals surface area contributed by atoms with E-state index < -0.39 is 0 Å². The predicted molar refractivity (Wildman–Crippen MR) is 68.1 cm³/mol. The summed E-state index contributed by atoms with van der Waals surface area (Å²) in [6, 6.07) is 8.69. The van der Waals surface area contributed by atoms with Crippen LogP contribution in [-0.4, -0.2) is 15.1 Å². The van der Waals surface area contributed by atoms with E-state index in [4.69, 9.17) is 10.2 Å². The summed E-state index contributed by atoms with van der Waals surface area (Å²) in [5, 5.41) is 9.89. The minimum absolute atomic E-state index is 0.0271. The van der Waals surface area contributed by atoms with E-state index in [1.165, 1.54) is 0 Å². The summed E-state index contributed by atoms with van der Waals surface area (Å²) in [4.78, 5) is 8.51. The third kappa shape index (κ3) is 1.57. The molecule has 3 rings (SSSR count). The molecule has 0 atom stereocenters. The Hall–Kier alpha value is -2.56. The van der Waals surface area contributed by atoms with Gasteiger partial charge in [-0.05, 0) is 31.2 Å². The summed E-state index contributed by atoms with van der Waals surface area (Å²) in [6.07, 6.45) is 0. The molecule has 2 heterocycles. The van der Waals surface area contributed by atoms with Crippen molar-refractivity contribution in [3.05, 3.63) is 36.0 Å². The number of anilines is 1. The average molecular weight is 241 g/mol. The maximum atomic E-state index is 9.89. The summed E-state index contributed by atoms with van der Waals surface area (Å²) < 4.78 is 5.56. The van der Waals surface area contributed by atoms with Crippen molar-refractivity contribution in [2.75, 3.05) is 5.73 Å². The Balaban J connectivity index is 2.22. The quantitative estimate of drug-likeness (QED) is 0.505. The molecule has 90 valence electrons. The van der Waals surface area contributed by atoms with Crippen molar-refractivity contribution in [2.24, 2.45) is 0 Å². The van der Waals surface area contributed by atoms with E-state index in [0.29, 0.717) is 28.4 Å². The SMILES string of the molecule is Cc1ccc2oc(-c3cccc(N)c3O)nc2n1. The molecular weight excluding hydrogens is 230 g/mol. The molecule has 0 amide bonds. The first kappa shape index (κ1) is 10.6. The average Bonchev–Trinajstić information content (AvgIpc) is 2.75. The number of benzene rings is 1. The van der Waals surface area contributed by atoms with Gasteiger partial charge in [0.25, 0.3) is 0 Å². The second kappa shape index (κ2) is 3.73. The molecule has 5 heteroatoms. The van der Waals surface area contributed by atoms with Gasteiger partial charge in [0.15, 0.2) is 17.0 Å². The minimum Gasteiger partial charge on any atom is -0.505 e.